The van der Waals surface area contributed by atoms with Crippen LogP contribution in [0.4, 0.5) is 0 Å². The molecule has 1 saturated heterocycles. The van der Waals surface area contributed by atoms with Crippen molar-refractivity contribution in [3.63, 3.8) is 0 Å². The molecule has 0 saturated carbocycles. The van der Waals surface area contributed by atoms with Crippen molar-refractivity contribution >= 4 is 21.8 Å². The molecule has 1 aliphatic rings. The number of carbonyl (C=O) groups is 2. The molecule has 2 amide bonds. The lowest BCUT2D eigenvalue weighted by atomic mass is 9.97. The number of amides is 2. The van der Waals surface area contributed by atoms with Crippen molar-refractivity contribution < 1.29 is 18.0 Å². The van der Waals surface area contributed by atoms with Gasteiger partial charge in [-0.2, -0.15) is 4.31 Å². The van der Waals surface area contributed by atoms with Crippen LogP contribution in [0.5, 0.6) is 0 Å². The quantitative estimate of drug-likeness (QED) is 0.635. The zero-order valence-corrected chi connectivity index (χ0v) is 20.5. The summed E-state index contributed by atoms with van der Waals surface area (Å²) >= 11 is 0. The summed E-state index contributed by atoms with van der Waals surface area (Å²) in [5.41, 5.74) is 3.51. The molecule has 1 aromatic carbocycles. The molecule has 1 unspecified atom stereocenters. The van der Waals surface area contributed by atoms with Gasteiger partial charge in [-0.3, -0.25) is 9.59 Å². The van der Waals surface area contributed by atoms with Crippen LogP contribution in [0.25, 0.3) is 0 Å². The number of carbonyl (C=O) groups excluding carboxylic acids is 2. The molecule has 2 N–H and O–H groups in total. The Hall–Kier alpha value is -1.93. The monoisotopic (exact) mass is 451 g/mol. The van der Waals surface area contributed by atoms with Crippen molar-refractivity contribution in [3.8, 4) is 0 Å². The molecule has 174 valence electrons. The lowest BCUT2D eigenvalue weighted by Crippen LogP contribution is -2.44. The second-order valence-electron chi connectivity index (χ2n) is 8.69. The molecule has 0 aromatic heterocycles. The highest BCUT2D eigenvalue weighted by molar-refractivity contribution is 7.89. The van der Waals surface area contributed by atoms with Gasteiger partial charge in [0.25, 0.3) is 0 Å². The molecule has 31 heavy (non-hydrogen) atoms. The number of sulfonamides is 1. The third-order valence-electron chi connectivity index (χ3n) is 6.39. The Balaban J connectivity index is 1.94. The SMILES string of the molecule is CCC(C)NC(=O)CCNC(=O)C1CCN(S(=O)(=O)c2c(C)c(C)cc(C)c2C)CC1. The predicted molar refractivity (Wildman–Crippen MR) is 122 cm³/mol. The number of hydrogen-bond acceptors (Lipinski definition) is 4. The first-order chi connectivity index (χ1) is 14.5. The van der Waals surface area contributed by atoms with Crippen LogP contribution < -0.4 is 10.6 Å². The molecule has 2 rings (SSSR count). The van der Waals surface area contributed by atoms with E-state index in [-0.39, 0.29) is 30.2 Å². The summed E-state index contributed by atoms with van der Waals surface area (Å²) in [4.78, 5) is 24.7. The fourth-order valence-corrected chi connectivity index (χ4v) is 5.99. The number of nitrogens with zero attached hydrogens (tertiary/aromatic N) is 1. The molecule has 0 spiro atoms. The first-order valence-corrected chi connectivity index (χ1v) is 12.6. The van der Waals surface area contributed by atoms with Crippen molar-refractivity contribution in [2.75, 3.05) is 19.6 Å². The second kappa shape index (κ2) is 10.6. The third kappa shape index (κ3) is 6.07. The van der Waals surface area contributed by atoms with Crippen LogP contribution in [0.3, 0.4) is 0 Å². The number of rotatable bonds is 8. The molecule has 0 bridgehead atoms. The Morgan fingerprint density at radius 1 is 1.10 bits per heavy atom. The molecule has 8 heteroatoms. The maximum absolute atomic E-state index is 13.4. The second-order valence-corrected chi connectivity index (χ2v) is 10.6. The number of aryl methyl sites for hydroxylation is 2. The Bertz CT molecular complexity index is 893. The van der Waals surface area contributed by atoms with Crippen molar-refractivity contribution in [1.29, 1.82) is 0 Å². The number of benzene rings is 1. The summed E-state index contributed by atoms with van der Waals surface area (Å²) in [5.74, 6) is -0.410. The van der Waals surface area contributed by atoms with Gasteiger partial charge in [0.2, 0.25) is 21.8 Å². The average Bonchev–Trinajstić information content (AvgIpc) is 2.72. The normalized spacial score (nSPS) is 16.7. The average molecular weight is 452 g/mol. The van der Waals surface area contributed by atoms with Crippen molar-refractivity contribution in [1.82, 2.24) is 14.9 Å². The van der Waals surface area contributed by atoms with Gasteiger partial charge in [0.15, 0.2) is 0 Å². The maximum Gasteiger partial charge on any atom is 0.243 e. The van der Waals surface area contributed by atoms with Crippen LogP contribution in [-0.2, 0) is 19.6 Å². The summed E-state index contributed by atoms with van der Waals surface area (Å²) in [7, 11) is -3.61. The van der Waals surface area contributed by atoms with E-state index >= 15 is 0 Å². The van der Waals surface area contributed by atoms with Crippen LogP contribution in [0.1, 0.15) is 61.8 Å². The van der Waals surface area contributed by atoms with Gasteiger partial charge in [-0.05, 0) is 76.1 Å². The summed E-state index contributed by atoms with van der Waals surface area (Å²) in [6.07, 6.45) is 2.06. The summed E-state index contributed by atoms with van der Waals surface area (Å²) in [5, 5.41) is 5.70. The highest BCUT2D eigenvalue weighted by Gasteiger charge is 2.34. The van der Waals surface area contributed by atoms with Gasteiger partial charge in [0, 0.05) is 38.0 Å². The molecule has 1 aromatic rings. The van der Waals surface area contributed by atoms with Crippen molar-refractivity contribution in [2.24, 2.45) is 5.92 Å². The molecule has 1 fully saturated rings. The van der Waals surface area contributed by atoms with Gasteiger partial charge in [0.1, 0.15) is 0 Å². The van der Waals surface area contributed by atoms with Gasteiger partial charge in [-0.25, -0.2) is 8.42 Å². The lowest BCUT2D eigenvalue weighted by molar-refractivity contribution is -0.126. The highest BCUT2D eigenvalue weighted by atomic mass is 32.2. The van der Waals surface area contributed by atoms with E-state index in [2.05, 4.69) is 10.6 Å². The summed E-state index contributed by atoms with van der Waals surface area (Å²) < 4.78 is 28.2. The Kier molecular flexibility index (Phi) is 8.65. The Labute approximate surface area is 187 Å². The minimum Gasteiger partial charge on any atom is -0.355 e. The fraction of sp³-hybridized carbons (Fsp3) is 0.652. The van der Waals surface area contributed by atoms with E-state index in [0.29, 0.717) is 37.4 Å². The van der Waals surface area contributed by atoms with Gasteiger partial charge in [-0.15, -0.1) is 0 Å². The van der Waals surface area contributed by atoms with Gasteiger partial charge in [0.05, 0.1) is 4.90 Å². The first kappa shape index (κ1) is 25.3. The molecular formula is C23H37N3O4S. The molecule has 1 heterocycles. The predicted octanol–water partition coefficient (Wildman–Crippen LogP) is 2.74. The van der Waals surface area contributed by atoms with E-state index in [4.69, 9.17) is 0 Å². The summed E-state index contributed by atoms with van der Waals surface area (Å²) in [6.45, 7) is 12.4. The van der Waals surface area contributed by atoms with E-state index in [0.717, 1.165) is 28.7 Å². The van der Waals surface area contributed by atoms with Gasteiger partial charge >= 0.3 is 0 Å². The largest absolute Gasteiger partial charge is 0.355 e. The van der Waals surface area contributed by atoms with Crippen molar-refractivity contribution in [3.05, 3.63) is 28.3 Å². The summed E-state index contributed by atoms with van der Waals surface area (Å²) in [6, 6.07) is 2.14. The zero-order valence-electron chi connectivity index (χ0n) is 19.7. The van der Waals surface area contributed by atoms with Crippen molar-refractivity contribution in [2.45, 2.75) is 78.2 Å². The Morgan fingerprint density at radius 2 is 1.65 bits per heavy atom. The third-order valence-corrected chi connectivity index (χ3v) is 8.56. The molecule has 7 nitrogen and oxygen atoms in total. The van der Waals surface area contributed by atoms with Gasteiger partial charge < -0.3 is 10.6 Å². The van der Waals surface area contributed by atoms with Crippen LogP contribution in [-0.4, -0.2) is 50.2 Å². The highest BCUT2D eigenvalue weighted by Crippen LogP contribution is 2.31. The minimum absolute atomic E-state index is 0.0743. The van der Waals surface area contributed by atoms with E-state index in [1.165, 1.54) is 4.31 Å². The molecule has 1 atom stereocenters. The van der Waals surface area contributed by atoms with E-state index in [1.54, 1.807) is 0 Å². The topological polar surface area (TPSA) is 95.6 Å². The van der Waals surface area contributed by atoms with Crippen LogP contribution >= 0.6 is 0 Å². The van der Waals surface area contributed by atoms with Crippen LogP contribution in [0.2, 0.25) is 0 Å². The first-order valence-electron chi connectivity index (χ1n) is 11.1. The Morgan fingerprint density at radius 3 is 2.16 bits per heavy atom. The standard InChI is InChI=1S/C23H37N3O4S/c1-7-17(4)25-21(27)8-11-24-23(28)20-9-12-26(13-10-20)31(29,30)22-18(5)15(2)14-16(3)19(22)6/h14,17,20H,7-13H2,1-6H3,(H,24,28)(H,25,27). The maximum atomic E-state index is 13.4. The zero-order chi connectivity index (χ0) is 23.3. The molecule has 1 aliphatic heterocycles. The number of hydrogen-bond donors (Lipinski definition) is 2. The van der Waals surface area contributed by atoms with Gasteiger partial charge in [-0.1, -0.05) is 13.0 Å². The van der Waals surface area contributed by atoms with E-state index in [1.807, 2.05) is 47.6 Å². The lowest BCUT2D eigenvalue weighted by Gasteiger charge is -2.31. The smallest absolute Gasteiger partial charge is 0.243 e. The number of piperidine rings is 1. The molecule has 0 radical (unpaired) electrons. The van der Waals surface area contributed by atoms with Crippen LogP contribution in [0, 0.1) is 33.6 Å². The molecule has 0 aliphatic carbocycles. The van der Waals surface area contributed by atoms with E-state index < -0.39 is 10.0 Å². The van der Waals surface area contributed by atoms with E-state index in [9.17, 15) is 18.0 Å². The minimum atomic E-state index is -3.61. The van der Waals surface area contributed by atoms with Crippen LogP contribution in [0.15, 0.2) is 11.0 Å². The molecular weight excluding hydrogens is 414 g/mol. The number of nitrogens with one attached hydrogen (secondary N) is 2. The fourth-order valence-electron chi connectivity index (χ4n) is 3.95.